The molecular weight excluding hydrogens is 394 g/mol. The Balaban J connectivity index is 1.43. The lowest BCUT2D eigenvalue weighted by Gasteiger charge is -2.36. The minimum Gasteiger partial charge on any atom is -0.497 e. The predicted molar refractivity (Wildman–Crippen MR) is 116 cm³/mol. The van der Waals surface area contributed by atoms with Gasteiger partial charge in [0.2, 0.25) is 0 Å². The van der Waals surface area contributed by atoms with Gasteiger partial charge < -0.3 is 23.8 Å². The molecule has 0 radical (unpaired) electrons. The molecule has 6 nitrogen and oxygen atoms in total. The highest BCUT2D eigenvalue weighted by atomic mass is 16.6. The summed E-state index contributed by atoms with van der Waals surface area (Å²) in [7, 11) is 5.42. The zero-order valence-electron chi connectivity index (χ0n) is 18.1. The molecule has 6 heteroatoms. The SMILES string of the molecule is COc1ccc(C(=O)OC2C=C[C@@]34CCN(C)Cc5ccc(OC)c(c53)O[C@H]4C2)cc1. The van der Waals surface area contributed by atoms with Gasteiger partial charge in [0.15, 0.2) is 11.5 Å². The third-order valence-electron chi connectivity index (χ3n) is 6.71. The molecule has 3 atom stereocenters. The molecule has 0 N–H and O–H groups in total. The molecule has 2 aromatic rings. The van der Waals surface area contributed by atoms with E-state index in [1.165, 1.54) is 11.1 Å². The van der Waals surface area contributed by atoms with Gasteiger partial charge in [0.1, 0.15) is 18.0 Å². The Morgan fingerprint density at radius 2 is 1.94 bits per heavy atom. The molecule has 0 aromatic heterocycles. The molecule has 5 rings (SSSR count). The van der Waals surface area contributed by atoms with Crippen molar-refractivity contribution in [3.05, 3.63) is 65.2 Å². The molecule has 1 spiro atoms. The van der Waals surface area contributed by atoms with Crippen molar-refractivity contribution < 1.29 is 23.7 Å². The number of methoxy groups -OCH3 is 2. The van der Waals surface area contributed by atoms with Gasteiger partial charge in [-0.3, -0.25) is 0 Å². The summed E-state index contributed by atoms with van der Waals surface area (Å²) in [6.07, 6.45) is 5.38. The molecule has 0 amide bonds. The van der Waals surface area contributed by atoms with Crippen molar-refractivity contribution in [2.75, 3.05) is 27.8 Å². The first kappa shape index (κ1) is 19.9. The summed E-state index contributed by atoms with van der Waals surface area (Å²) < 4.78 is 23.1. The van der Waals surface area contributed by atoms with E-state index in [4.69, 9.17) is 18.9 Å². The molecule has 2 heterocycles. The number of nitrogens with zero attached hydrogens (tertiary/aromatic N) is 1. The van der Waals surface area contributed by atoms with E-state index in [1.807, 2.05) is 12.1 Å². The maximum Gasteiger partial charge on any atom is 0.338 e. The fourth-order valence-corrected chi connectivity index (χ4v) is 5.09. The zero-order chi connectivity index (χ0) is 21.6. The molecule has 31 heavy (non-hydrogen) atoms. The highest BCUT2D eigenvalue weighted by Gasteiger charge is 2.53. The fraction of sp³-hybridized carbons (Fsp3) is 0.400. The van der Waals surface area contributed by atoms with E-state index < -0.39 is 0 Å². The number of hydrogen-bond acceptors (Lipinski definition) is 6. The normalized spacial score (nSPS) is 26.3. The van der Waals surface area contributed by atoms with E-state index in [0.29, 0.717) is 17.7 Å². The maximum absolute atomic E-state index is 12.7. The number of carbonyl (C=O) groups excluding carboxylic acids is 1. The topological polar surface area (TPSA) is 57.2 Å². The van der Waals surface area contributed by atoms with Crippen LogP contribution < -0.4 is 14.2 Å². The monoisotopic (exact) mass is 421 g/mol. The molecule has 1 unspecified atom stereocenters. The number of carbonyl (C=O) groups is 1. The lowest BCUT2D eigenvalue weighted by Crippen LogP contribution is -2.43. The average Bonchev–Trinajstić information content (AvgIpc) is 3.05. The molecule has 2 aromatic carbocycles. The first-order valence-electron chi connectivity index (χ1n) is 10.6. The second-order valence-electron chi connectivity index (χ2n) is 8.53. The maximum atomic E-state index is 12.7. The molecule has 2 aliphatic heterocycles. The van der Waals surface area contributed by atoms with Gasteiger partial charge in [-0.2, -0.15) is 0 Å². The minimum atomic E-state index is -0.345. The standard InChI is InChI=1S/C25H27NO5/c1-26-13-12-25-11-10-19(30-24(27)16-4-7-18(28-2)8-5-16)14-21(25)31-23-20(29-3)9-6-17(15-26)22(23)25/h4-11,19,21H,12-15H2,1-3H3/t19?,21-,25-/m0/s1. The van der Waals surface area contributed by atoms with Crippen LogP contribution in [0.25, 0.3) is 0 Å². The van der Waals surface area contributed by atoms with Crippen LogP contribution in [0.2, 0.25) is 0 Å². The molecule has 162 valence electrons. The van der Waals surface area contributed by atoms with Crippen molar-refractivity contribution >= 4 is 5.97 Å². The quantitative estimate of drug-likeness (QED) is 0.554. The Morgan fingerprint density at radius 1 is 1.13 bits per heavy atom. The van der Waals surface area contributed by atoms with Gasteiger partial charge in [-0.25, -0.2) is 4.79 Å². The van der Waals surface area contributed by atoms with Crippen molar-refractivity contribution in [1.29, 1.82) is 0 Å². The van der Waals surface area contributed by atoms with Gasteiger partial charge in [-0.15, -0.1) is 0 Å². The number of hydrogen-bond donors (Lipinski definition) is 0. The Kier molecular flexibility index (Phi) is 4.89. The van der Waals surface area contributed by atoms with Crippen molar-refractivity contribution in [2.45, 2.75) is 37.0 Å². The van der Waals surface area contributed by atoms with Crippen LogP contribution in [0.3, 0.4) is 0 Å². The van der Waals surface area contributed by atoms with Gasteiger partial charge in [0.05, 0.1) is 25.2 Å². The second kappa shape index (κ2) is 7.61. The molecule has 0 saturated heterocycles. The van der Waals surface area contributed by atoms with Gasteiger partial charge in [-0.05, 0) is 62.0 Å². The highest BCUT2D eigenvalue weighted by molar-refractivity contribution is 5.89. The zero-order valence-corrected chi connectivity index (χ0v) is 18.1. The summed E-state index contributed by atoms with van der Waals surface area (Å²) in [6.45, 7) is 1.85. The smallest absolute Gasteiger partial charge is 0.338 e. The van der Waals surface area contributed by atoms with Crippen LogP contribution in [0.4, 0.5) is 0 Å². The van der Waals surface area contributed by atoms with Crippen LogP contribution in [-0.4, -0.2) is 50.9 Å². The number of ether oxygens (including phenoxy) is 4. The van der Waals surface area contributed by atoms with E-state index in [-0.39, 0.29) is 23.6 Å². The summed E-state index contributed by atoms with van der Waals surface area (Å²) in [5.41, 5.74) is 2.80. The van der Waals surface area contributed by atoms with Crippen molar-refractivity contribution in [2.24, 2.45) is 0 Å². The van der Waals surface area contributed by atoms with Crippen molar-refractivity contribution in [3.8, 4) is 17.2 Å². The van der Waals surface area contributed by atoms with Crippen LogP contribution in [0.15, 0.2) is 48.6 Å². The number of rotatable bonds is 4. The molecule has 0 saturated carbocycles. The first-order chi connectivity index (χ1) is 15.0. The van der Waals surface area contributed by atoms with E-state index in [9.17, 15) is 4.79 Å². The van der Waals surface area contributed by atoms with Crippen molar-refractivity contribution in [1.82, 2.24) is 4.90 Å². The van der Waals surface area contributed by atoms with E-state index in [1.54, 1.807) is 38.5 Å². The molecular formula is C25H27NO5. The third kappa shape index (κ3) is 3.26. The Morgan fingerprint density at radius 3 is 2.68 bits per heavy atom. The lowest BCUT2D eigenvalue weighted by molar-refractivity contribution is 0.0218. The summed E-state index contributed by atoms with van der Waals surface area (Å²) >= 11 is 0. The van der Waals surface area contributed by atoms with Gasteiger partial charge in [0, 0.05) is 18.5 Å². The van der Waals surface area contributed by atoms with E-state index in [2.05, 4.69) is 24.1 Å². The van der Waals surface area contributed by atoms with Crippen LogP contribution in [-0.2, 0) is 16.7 Å². The Labute approximate surface area is 182 Å². The van der Waals surface area contributed by atoms with Gasteiger partial charge in [-0.1, -0.05) is 12.1 Å². The van der Waals surface area contributed by atoms with Crippen molar-refractivity contribution in [3.63, 3.8) is 0 Å². The number of esters is 1. The minimum absolute atomic E-state index is 0.0947. The molecule has 0 bridgehead atoms. The summed E-state index contributed by atoms with van der Waals surface area (Å²) in [5, 5.41) is 0. The average molecular weight is 421 g/mol. The number of benzene rings is 2. The molecule has 3 aliphatic rings. The molecule has 0 fully saturated rings. The first-order valence-corrected chi connectivity index (χ1v) is 10.6. The van der Waals surface area contributed by atoms with Gasteiger partial charge >= 0.3 is 5.97 Å². The lowest BCUT2D eigenvalue weighted by atomic mass is 9.69. The summed E-state index contributed by atoms with van der Waals surface area (Å²) in [6, 6.07) is 11.1. The van der Waals surface area contributed by atoms with Crippen LogP contribution in [0.1, 0.15) is 34.3 Å². The predicted octanol–water partition coefficient (Wildman–Crippen LogP) is 3.72. The van der Waals surface area contributed by atoms with E-state index in [0.717, 1.165) is 31.0 Å². The van der Waals surface area contributed by atoms with E-state index >= 15 is 0 Å². The second-order valence-corrected chi connectivity index (χ2v) is 8.53. The van der Waals surface area contributed by atoms with Crippen LogP contribution in [0, 0.1) is 0 Å². The summed E-state index contributed by atoms with van der Waals surface area (Å²) in [5.74, 6) is 1.96. The van der Waals surface area contributed by atoms with Gasteiger partial charge in [0.25, 0.3) is 0 Å². The fourth-order valence-electron chi connectivity index (χ4n) is 5.09. The molecule has 1 aliphatic carbocycles. The Bertz CT molecular complexity index is 1030. The van der Waals surface area contributed by atoms with Crippen LogP contribution >= 0.6 is 0 Å². The highest BCUT2D eigenvalue weighted by Crippen LogP contribution is 2.55. The largest absolute Gasteiger partial charge is 0.497 e. The van der Waals surface area contributed by atoms with Crippen LogP contribution in [0.5, 0.6) is 17.2 Å². The Hall–Kier alpha value is -2.99. The summed E-state index contributed by atoms with van der Waals surface area (Å²) in [4.78, 5) is 15.0. The third-order valence-corrected chi connectivity index (χ3v) is 6.71.